The molecular formula is C24H33N3O3. The molecule has 0 heterocycles. The SMILES string of the molecule is CCN(CC)C(CNC(=O)CNC(=O)c1ccc(OC(C)C)cc1)c1ccccc1. The van der Waals surface area contributed by atoms with E-state index in [4.69, 9.17) is 4.74 Å². The van der Waals surface area contributed by atoms with E-state index in [-0.39, 0.29) is 30.5 Å². The molecule has 2 N–H and O–H groups in total. The van der Waals surface area contributed by atoms with Crippen LogP contribution in [-0.4, -0.2) is 49.0 Å². The van der Waals surface area contributed by atoms with Gasteiger partial charge in [0.1, 0.15) is 5.75 Å². The van der Waals surface area contributed by atoms with Crippen molar-refractivity contribution in [2.75, 3.05) is 26.2 Å². The highest BCUT2D eigenvalue weighted by Gasteiger charge is 2.18. The summed E-state index contributed by atoms with van der Waals surface area (Å²) in [7, 11) is 0. The normalized spacial score (nSPS) is 11.9. The van der Waals surface area contributed by atoms with Crippen LogP contribution in [0.2, 0.25) is 0 Å². The monoisotopic (exact) mass is 411 g/mol. The highest BCUT2D eigenvalue weighted by Crippen LogP contribution is 2.19. The molecule has 2 rings (SSSR count). The second-order valence-electron chi connectivity index (χ2n) is 7.33. The molecule has 1 atom stereocenters. The molecule has 0 saturated carbocycles. The summed E-state index contributed by atoms with van der Waals surface area (Å²) in [6.45, 7) is 10.3. The van der Waals surface area contributed by atoms with Gasteiger partial charge < -0.3 is 15.4 Å². The van der Waals surface area contributed by atoms with Crippen molar-refractivity contribution < 1.29 is 14.3 Å². The first-order valence-corrected chi connectivity index (χ1v) is 10.5. The maximum Gasteiger partial charge on any atom is 0.251 e. The molecular weight excluding hydrogens is 378 g/mol. The van der Waals surface area contributed by atoms with Crippen molar-refractivity contribution in [3.8, 4) is 5.75 Å². The van der Waals surface area contributed by atoms with E-state index in [1.807, 2.05) is 32.0 Å². The first-order chi connectivity index (χ1) is 14.4. The molecule has 2 aromatic carbocycles. The maximum atomic E-state index is 12.3. The van der Waals surface area contributed by atoms with Gasteiger partial charge in [-0.25, -0.2) is 0 Å². The van der Waals surface area contributed by atoms with Crippen LogP contribution in [0.5, 0.6) is 5.75 Å². The Hall–Kier alpha value is -2.86. The summed E-state index contributed by atoms with van der Waals surface area (Å²) in [6.07, 6.45) is 0.0735. The van der Waals surface area contributed by atoms with Crippen molar-refractivity contribution in [3.05, 3.63) is 65.7 Å². The van der Waals surface area contributed by atoms with E-state index in [1.165, 1.54) is 0 Å². The van der Waals surface area contributed by atoms with Gasteiger partial charge in [0.15, 0.2) is 0 Å². The number of ether oxygens (including phenoxy) is 1. The summed E-state index contributed by atoms with van der Waals surface area (Å²) in [5.41, 5.74) is 1.65. The van der Waals surface area contributed by atoms with Gasteiger partial charge in [0.2, 0.25) is 5.91 Å². The number of benzene rings is 2. The third-order valence-corrected chi connectivity index (χ3v) is 4.83. The lowest BCUT2D eigenvalue weighted by molar-refractivity contribution is -0.120. The standard InChI is InChI=1S/C24H33N3O3/c1-5-27(6-2)22(19-10-8-7-9-11-19)16-25-23(28)17-26-24(29)20-12-14-21(15-13-20)30-18(3)4/h7-15,18,22H,5-6,16-17H2,1-4H3,(H,25,28)(H,26,29). The molecule has 0 saturated heterocycles. The van der Waals surface area contributed by atoms with Crippen LogP contribution in [0, 0.1) is 0 Å². The minimum Gasteiger partial charge on any atom is -0.491 e. The molecule has 1 unspecified atom stereocenters. The van der Waals surface area contributed by atoms with Crippen molar-refractivity contribution in [1.82, 2.24) is 15.5 Å². The molecule has 0 aromatic heterocycles. The number of rotatable bonds is 11. The van der Waals surface area contributed by atoms with Crippen LogP contribution in [0.4, 0.5) is 0 Å². The number of hydrogen-bond donors (Lipinski definition) is 2. The first-order valence-electron chi connectivity index (χ1n) is 10.5. The van der Waals surface area contributed by atoms with Crippen molar-refractivity contribution >= 4 is 11.8 Å². The second kappa shape index (κ2) is 12.0. The number of carbonyl (C=O) groups is 2. The van der Waals surface area contributed by atoms with Crippen LogP contribution in [0.3, 0.4) is 0 Å². The molecule has 0 aliphatic carbocycles. The van der Waals surface area contributed by atoms with E-state index in [0.717, 1.165) is 18.7 Å². The van der Waals surface area contributed by atoms with E-state index in [1.54, 1.807) is 24.3 Å². The molecule has 0 aliphatic heterocycles. The molecule has 30 heavy (non-hydrogen) atoms. The molecule has 0 spiro atoms. The molecule has 162 valence electrons. The Kier molecular flexibility index (Phi) is 9.35. The molecule has 0 fully saturated rings. The van der Waals surface area contributed by atoms with Crippen LogP contribution < -0.4 is 15.4 Å². The van der Waals surface area contributed by atoms with Gasteiger partial charge in [-0.05, 0) is 56.8 Å². The first kappa shape index (κ1) is 23.4. The average molecular weight is 412 g/mol. The highest BCUT2D eigenvalue weighted by atomic mass is 16.5. The Labute approximate surface area is 179 Å². The molecule has 0 aliphatic rings. The summed E-state index contributed by atoms with van der Waals surface area (Å²) in [6, 6.07) is 17.1. The molecule has 6 heteroatoms. The van der Waals surface area contributed by atoms with E-state index >= 15 is 0 Å². The van der Waals surface area contributed by atoms with E-state index in [9.17, 15) is 9.59 Å². The Morgan fingerprint density at radius 2 is 1.57 bits per heavy atom. The Morgan fingerprint density at radius 3 is 2.13 bits per heavy atom. The fraction of sp³-hybridized carbons (Fsp3) is 0.417. The number of likely N-dealkylation sites (N-methyl/N-ethyl adjacent to an activating group) is 1. The zero-order chi connectivity index (χ0) is 21.9. The minimum absolute atomic E-state index is 0.0666. The molecule has 0 radical (unpaired) electrons. The van der Waals surface area contributed by atoms with Crippen LogP contribution >= 0.6 is 0 Å². The van der Waals surface area contributed by atoms with Gasteiger partial charge in [0.25, 0.3) is 5.91 Å². The predicted molar refractivity (Wildman–Crippen MR) is 120 cm³/mol. The summed E-state index contributed by atoms with van der Waals surface area (Å²) in [5.74, 6) is 0.212. The zero-order valence-corrected chi connectivity index (χ0v) is 18.4. The lowest BCUT2D eigenvalue weighted by atomic mass is 10.1. The lowest BCUT2D eigenvalue weighted by Crippen LogP contribution is -2.42. The second-order valence-corrected chi connectivity index (χ2v) is 7.33. The van der Waals surface area contributed by atoms with E-state index < -0.39 is 0 Å². The predicted octanol–water partition coefficient (Wildman–Crippen LogP) is 3.40. The van der Waals surface area contributed by atoms with Gasteiger partial charge in [-0.15, -0.1) is 0 Å². The maximum absolute atomic E-state index is 12.3. The van der Waals surface area contributed by atoms with E-state index in [2.05, 4.69) is 41.5 Å². The Morgan fingerprint density at radius 1 is 0.933 bits per heavy atom. The molecule has 0 bridgehead atoms. The summed E-state index contributed by atoms with van der Waals surface area (Å²) in [4.78, 5) is 26.9. The number of nitrogens with zero attached hydrogens (tertiary/aromatic N) is 1. The topological polar surface area (TPSA) is 70.7 Å². The number of carbonyl (C=O) groups excluding carboxylic acids is 2. The van der Waals surface area contributed by atoms with Crippen LogP contribution in [0.25, 0.3) is 0 Å². The molecule has 6 nitrogen and oxygen atoms in total. The van der Waals surface area contributed by atoms with Crippen molar-refractivity contribution in [1.29, 1.82) is 0 Å². The van der Waals surface area contributed by atoms with Crippen molar-refractivity contribution in [2.45, 2.75) is 39.8 Å². The number of amides is 2. The van der Waals surface area contributed by atoms with Crippen LogP contribution in [-0.2, 0) is 4.79 Å². The van der Waals surface area contributed by atoms with Gasteiger partial charge in [-0.1, -0.05) is 44.2 Å². The van der Waals surface area contributed by atoms with Gasteiger partial charge >= 0.3 is 0 Å². The van der Waals surface area contributed by atoms with Crippen molar-refractivity contribution in [3.63, 3.8) is 0 Å². The fourth-order valence-corrected chi connectivity index (χ4v) is 3.29. The summed E-state index contributed by atoms with van der Waals surface area (Å²) < 4.78 is 5.58. The molecule has 2 aromatic rings. The minimum atomic E-state index is -0.287. The fourth-order valence-electron chi connectivity index (χ4n) is 3.29. The summed E-state index contributed by atoms with van der Waals surface area (Å²) >= 11 is 0. The highest BCUT2D eigenvalue weighted by molar-refractivity contribution is 5.96. The quantitative estimate of drug-likeness (QED) is 0.595. The lowest BCUT2D eigenvalue weighted by Gasteiger charge is -2.30. The zero-order valence-electron chi connectivity index (χ0n) is 18.4. The Balaban J connectivity index is 1.87. The van der Waals surface area contributed by atoms with Gasteiger partial charge in [0.05, 0.1) is 18.7 Å². The van der Waals surface area contributed by atoms with Gasteiger partial charge in [-0.3, -0.25) is 14.5 Å². The third-order valence-electron chi connectivity index (χ3n) is 4.83. The molecule has 2 amide bonds. The summed E-state index contributed by atoms with van der Waals surface area (Å²) in [5, 5.41) is 5.63. The average Bonchev–Trinajstić information content (AvgIpc) is 2.75. The van der Waals surface area contributed by atoms with Crippen LogP contribution in [0.1, 0.15) is 49.7 Å². The van der Waals surface area contributed by atoms with Crippen molar-refractivity contribution in [2.24, 2.45) is 0 Å². The van der Waals surface area contributed by atoms with E-state index in [0.29, 0.717) is 17.9 Å². The number of hydrogen-bond acceptors (Lipinski definition) is 4. The number of nitrogens with one attached hydrogen (secondary N) is 2. The van der Waals surface area contributed by atoms with Gasteiger partial charge in [0, 0.05) is 12.1 Å². The smallest absolute Gasteiger partial charge is 0.251 e. The largest absolute Gasteiger partial charge is 0.491 e. The Bertz CT molecular complexity index is 787. The van der Waals surface area contributed by atoms with Gasteiger partial charge in [-0.2, -0.15) is 0 Å². The van der Waals surface area contributed by atoms with Crippen LogP contribution in [0.15, 0.2) is 54.6 Å². The third kappa shape index (κ3) is 7.19.